The molecule has 32 heavy (non-hydrogen) atoms. The Morgan fingerprint density at radius 3 is 2.34 bits per heavy atom. The number of phenolic OH excluding ortho intramolecular Hbond substituents is 2. The van der Waals surface area contributed by atoms with Gasteiger partial charge in [-0.3, -0.25) is 0 Å². The predicted molar refractivity (Wildman–Crippen MR) is 106 cm³/mol. The minimum Gasteiger partial charge on any atom is -0.507 e. The average molecular weight is 450 g/mol. The van der Waals surface area contributed by atoms with Gasteiger partial charge in [0.2, 0.25) is 6.29 Å². The summed E-state index contributed by atoms with van der Waals surface area (Å²) >= 11 is 0. The van der Waals surface area contributed by atoms with Gasteiger partial charge in [0.15, 0.2) is 23.0 Å². The van der Waals surface area contributed by atoms with E-state index in [2.05, 4.69) is 0 Å². The van der Waals surface area contributed by atoms with Gasteiger partial charge in [0.1, 0.15) is 35.9 Å². The van der Waals surface area contributed by atoms with Crippen molar-refractivity contribution in [1.29, 1.82) is 0 Å². The molecule has 6 atom stereocenters. The van der Waals surface area contributed by atoms with E-state index in [1.165, 1.54) is 30.4 Å². The lowest BCUT2D eigenvalue weighted by atomic mass is 9.98. The van der Waals surface area contributed by atoms with Gasteiger partial charge >= 0.3 is 0 Å². The molecule has 2 heterocycles. The molecule has 1 fully saturated rings. The summed E-state index contributed by atoms with van der Waals surface area (Å²) in [6.07, 6.45) is -5.06. The number of ether oxygens (including phenoxy) is 3. The number of hydrogen-bond acceptors (Lipinski definition) is 11. The lowest BCUT2D eigenvalue weighted by molar-refractivity contribution is -0.290. The number of aliphatic hydroxyl groups excluding tert-OH is 6. The number of aliphatic hydroxyl groups is 6. The topological polar surface area (TPSA) is 190 Å². The highest BCUT2D eigenvalue weighted by atomic mass is 16.7. The molecule has 0 spiro atoms. The molecule has 0 bridgehead atoms. The maximum Gasteiger partial charge on any atom is 0.229 e. The zero-order valence-electron chi connectivity index (χ0n) is 16.4. The highest BCUT2D eigenvalue weighted by Crippen LogP contribution is 2.40. The number of rotatable bonds is 4. The van der Waals surface area contributed by atoms with E-state index in [1.807, 2.05) is 0 Å². The van der Waals surface area contributed by atoms with Gasteiger partial charge in [-0.05, 0) is 36.4 Å². The molecule has 0 amide bonds. The molecule has 8 N–H and O–H groups in total. The van der Waals surface area contributed by atoms with Crippen molar-refractivity contribution in [3.05, 3.63) is 64.8 Å². The summed E-state index contributed by atoms with van der Waals surface area (Å²) in [4.78, 5) is 0. The van der Waals surface area contributed by atoms with E-state index in [9.17, 15) is 40.9 Å². The number of hydrogen-bond donors (Lipinski definition) is 8. The van der Waals surface area contributed by atoms with Crippen LogP contribution in [0.15, 0.2) is 59.3 Å². The molecular weight excluding hydrogens is 428 g/mol. The van der Waals surface area contributed by atoms with Crippen LogP contribution in [0, 0.1) is 0 Å². The van der Waals surface area contributed by atoms with Crippen LogP contribution in [0.4, 0.5) is 0 Å². The largest absolute Gasteiger partial charge is 0.507 e. The molecule has 1 aromatic rings. The van der Waals surface area contributed by atoms with Crippen molar-refractivity contribution in [3.8, 4) is 11.5 Å². The molecule has 0 radical (unpaired) electrons. The second-order valence-corrected chi connectivity index (χ2v) is 7.45. The zero-order valence-corrected chi connectivity index (χ0v) is 16.4. The summed E-state index contributed by atoms with van der Waals surface area (Å²) in [7, 11) is 0. The third-order valence-corrected chi connectivity index (χ3v) is 5.23. The van der Waals surface area contributed by atoms with Crippen molar-refractivity contribution in [1.82, 2.24) is 0 Å². The van der Waals surface area contributed by atoms with Gasteiger partial charge in [0.05, 0.1) is 18.3 Å². The van der Waals surface area contributed by atoms with Gasteiger partial charge in [0.25, 0.3) is 0 Å². The monoisotopic (exact) mass is 450 g/mol. The van der Waals surface area contributed by atoms with E-state index in [-0.39, 0.29) is 39.9 Å². The SMILES string of the molecule is OC[C@H]1O[C@@H](OC2=C(c3ccc(O)c(O)c3)OC3=CC(O)C=C(O)C3=C2)[C@H](O)[C@@H](O)[C@@H]1O. The van der Waals surface area contributed by atoms with Crippen LogP contribution >= 0.6 is 0 Å². The quantitative estimate of drug-likeness (QED) is 0.269. The van der Waals surface area contributed by atoms with Gasteiger partial charge in [-0.1, -0.05) is 0 Å². The highest BCUT2D eigenvalue weighted by Gasteiger charge is 2.45. The van der Waals surface area contributed by atoms with E-state index in [1.54, 1.807) is 0 Å². The summed E-state index contributed by atoms with van der Waals surface area (Å²) in [5.41, 5.74) is 0.362. The number of aromatic hydroxyl groups is 2. The van der Waals surface area contributed by atoms with Crippen LogP contribution in [-0.2, 0) is 14.2 Å². The first kappa shape index (κ1) is 22.1. The molecule has 3 aliphatic rings. The normalized spacial score (nSPS) is 32.3. The lowest BCUT2D eigenvalue weighted by Gasteiger charge is -2.40. The van der Waals surface area contributed by atoms with E-state index < -0.39 is 49.2 Å². The molecular formula is C21H22O11. The van der Waals surface area contributed by atoms with Gasteiger partial charge in [-0.25, -0.2) is 0 Å². The van der Waals surface area contributed by atoms with Crippen molar-refractivity contribution in [2.24, 2.45) is 0 Å². The van der Waals surface area contributed by atoms with E-state index in [4.69, 9.17) is 14.2 Å². The highest BCUT2D eigenvalue weighted by molar-refractivity contribution is 5.71. The van der Waals surface area contributed by atoms with Crippen LogP contribution in [0.2, 0.25) is 0 Å². The Labute approximate surface area is 181 Å². The lowest BCUT2D eigenvalue weighted by Crippen LogP contribution is -2.59. The fourth-order valence-corrected chi connectivity index (χ4v) is 3.50. The molecule has 2 aliphatic heterocycles. The van der Waals surface area contributed by atoms with Crippen molar-refractivity contribution < 1.29 is 55.1 Å². The summed E-state index contributed by atoms with van der Waals surface area (Å²) in [5.74, 6) is -1.21. The average Bonchev–Trinajstić information content (AvgIpc) is 2.76. The second-order valence-electron chi connectivity index (χ2n) is 7.45. The molecule has 1 unspecified atom stereocenters. The summed E-state index contributed by atoms with van der Waals surface area (Å²) < 4.78 is 16.9. The van der Waals surface area contributed by atoms with Gasteiger partial charge < -0.3 is 55.1 Å². The molecule has 0 aromatic heterocycles. The predicted octanol–water partition coefficient (Wildman–Crippen LogP) is -0.760. The molecule has 1 aromatic carbocycles. The second kappa shape index (κ2) is 8.47. The Morgan fingerprint density at radius 1 is 0.906 bits per heavy atom. The fraction of sp³-hybridized carbons (Fsp3) is 0.333. The standard InChI is InChI=1S/C21H22O11/c22-7-16-17(27)18(28)19(29)21(32-16)31-15-6-10-12(25)4-9(23)5-14(10)30-20(15)8-1-2-11(24)13(26)3-8/h1-6,9,16-19,21-29H,7H2/t9?,16-,17-,18+,19-,21-/m1/s1. The molecule has 1 saturated heterocycles. The van der Waals surface area contributed by atoms with E-state index in [0.717, 1.165) is 6.08 Å². The fourth-order valence-electron chi connectivity index (χ4n) is 3.50. The summed E-state index contributed by atoms with van der Waals surface area (Å²) in [6, 6.07) is 3.78. The third-order valence-electron chi connectivity index (χ3n) is 5.23. The van der Waals surface area contributed by atoms with Crippen LogP contribution in [0.25, 0.3) is 5.76 Å². The molecule has 11 heteroatoms. The van der Waals surface area contributed by atoms with Crippen LogP contribution in [0.3, 0.4) is 0 Å². The molecule has 1 aliphatic carbocycles. The molecule has 11 nitrogen and oxygen atoms in total. The first-order chi connectivity index (χ1) is 15.2. The molecule has 4 rings (SSSR count). The first-order valence-electron chi connectivity index (χ1n) is 9.64. The zero-order chi connectivity index (χ0) is 23.2. The van der Waals surface area contributed by atoms with E-state index >= 15 is 0 Å². The van der Waals surface area contributed by atoms with Crippen molar-refractivity contribution in [2.45, 2.75) is 36.8 Å². The Bertz CT molecular complexity index is 1020. The Morgan fingerprint density at radius 2 is 1.66 bits per heavy atom. The maximum atomic E-state index is 10.3. The van der Waals surface area contributed by atoms with Crippen LogP contribution in [0.1, 0.15) is 5.56 Å². The smallest absolute Gasteiger partial charge is 0.229 e. The number of allylic oxidation sites excluding steroid dienone is 1. The Balaban J connectivity index is 1.77. The van der Waals surface area contributed by atoms with Crippen molar-refractivity contribution in [3.63, 3.8) is 0 Å². The summed E-state index contributed by atoms with van der Waals surface area (Å²) in [5, 5.41) is 79.2. The third kappa shape index (κ3) is 3.93. The maximum absolute atomic E-state index is 10.3. The summed E-state index contributed by atoms with van der Waals surface area (Å²) in [6.45, 7) is -0.658. The van der Waals surface area contributed by atoms with Crippen LogP contribution < -0.4 is 0 Å². The number of benzene rings is 1. The van der Waals surface area contributed by atoms with Gasteiger partial charge in [-0.15, -0.1) is 0 Å². The molecule has 0 saturated carbocycles. The van der Waals surface area contributed by atoms with Crippen molar-refractivity contribution >= 4 is 5.76 Å². The van der Waals surface area contributed by atoms with Gasteiger partial charge in [-0.2, -0.15) is 0 Å². The molecule has 172 valence electrons. The Hall–Kier alpha value is -3.06. The van der Waals surface area contributed by atoms with Crippen molar-refractivity contribution in [2.75, 3.05) is 6.61 Å². The Kier molecular flexibility index (Phi) is 5.86. The van der Waals surface area contributed by atoms with Crippen LogP contribution in [0.5, 0.6) is 11.5 Å². The number of phenols is 2. The van der Waals surface area contributed by atoms with Gasteiger partial charge in [0, 0.05) is 5.56 Å². The minimum absolute atomic E-state index is 0.0332. The van der Waals surface area contributed by atoms with Crippen LogP contribution in [-0.4, -0.2) is 84.3 Å². The van der Waals surface area contributed by atoms with E-state index in [0.29, 0.717) is 0 Å². The first-order valence-corrected chi connectivity index (χ1v) is 9.64. The number of fused-ring (bicyclic) bond motifs is 1. The minimum atomic E-state index is -1.71.